The van der Waals surface area contributed by atoms with Crippen LogP contribution >= 0.6 is 11.3 Å². The van der Waals surface area contributed by atoms with Gasteiger partial charge in [0, 0.05) is 22.8 Å². The van der Waals surface area contributed by atoms with Crippen LogP contribution in [0.1, 0.15) is 27.8 Å². The number of aryl methyl sites for hydroxylation is 2. The molecule has 2 rings (SSSR count). The molecule has 2 heteroatoms. The molecule has 0 saturated heterocycles. The van der Waals surface area contributed by atoms with Crippen LogP contribution < -0.4 is 5.32 Å². The molecule has 1 N–H and O–H groups in total. The topological polar surface area (TPSA) is 12.0 Å². The monoisotopic (exact) mass is 245 g/mol. The van der Waals surface area contributed by atoms with Gasteiger partial charge in [0.2, 0.25) is 0 Å². The van der Waals surface area contributed by atoms with Gasteiger partial charge in [0.15, 0.2) is 0 Å². The quantitative estimate of drug-likeness (QED) is 0.842. The highest BCUT2D eigenvalue weighted by molar-refractivity contribution is 7.11. The van der Waals surface area contributed by atoms with Gasteiger partial charge in [0.25, 0.3) is 0 Å². The van der Waals surface area contributed by atoms with Crippen molar-refractivity contribution in [3.05, 3.63) is 57.3 Å². The van der Waals surface area contributed by atoms with E-state index in [1.807, 2.05) is 11.3 Å². The normalized spacial score (nSPS) is 10.7. The van der Waals surface area contributed by atoms with Crippen LogP contribution in [-0.4, -0.2) is 0 Å². The fourth-order valence-electron chi connectivity index (χ4n) is 1.74. The van der Waals surface area contributed by atoms with E-state index in [4.69, 9.17) is 0 Å². The third-order valence-electron chi connectivity index (χ3n) is 2.81. The first-order valence-electron chi connectivity index (χ1n) is 6.12. The average Bonchev–Trinajstić information content (AvgIpc) is 2.80. The first-order chi connectivity index (χ1) is 8.28. The molecule has 0 saturated carbocycles. The number of nitrogens with one attached hydrogen (secondary N) is 1. The molecule has 0 spiro atoms. The second-order valence-corrected chi connectivity index (χ2v) is 5.56. The minimum absolute atomic E-state index is 0.944. The molecule has 0 radical (unpaired) electrons. The van der Waals surface area contributed by atoms with E-state index >= 15 is 0 Å². The number of hydrogen-bond acceptors (Lipinski definition) is 2. The van der Waals surface area contributed by atoms with E-state index < -0.39 is 0 Å². The molecule has 1 aromatic heterocycles. The number of benzene rings is 1. The van der Waals surface area contributed by atoms with Gasteiger partial charge in [0.1, 0.15) is 0 Å². The fourth-order valence-corrected chi connectivity index (χ4v) is 2.67. The summed E-state index contributed by atoms with van der Waals surface area (Å²) in [5.74, 6) is 0. The van der Waals surface area contributed by atoms with E-state index in [-0.39, 0.29) is 0 Å². The second-order valence-electron chi connectivity index (χ2n) is 4.31. The maximum Gasteiger partial charge on any atom is 0.0303 e. The number of thiophene rings is 1. The lowest BCUT2D eigenvalue weighted by Crippen LogP contribution is -2.11. The number of rotatable bonds is 5. The minimum Gasteiger partial charge on any atom is -0.308 e. The zero-order valence-corrected chi connectivity index (χ0v) is 11.3. The molecule has 0 fully saturated rings. The molecular weight excluding hydrogens is 226 g/mol. The van der Waals surface area contributed by atoms with Crippen LogP contribution in [0.3, 0.4) is 0 Å². The summed E-state index contributed by atoms with van der Waals surface area (Å²) in [5.41, 5.74) is 2.67. The predicted molar refractivity (Wildman–Crippen MR) is 75.4 cm³/mol. The second kappa shape index (κ2) is 5.99. The molecule has 0 bridgehead atoms. The van der Waals surface area contributed by atoms with Crippen molar-refractivity contribution in [2.24, 2.45) is 0 Å². The van der Waals surface area contributed by atoms with Crippen molar-refractivity contribution in [2.75, 3.05) is 0 Å². The molecule has 0 aliphatic rings. The van der Waals surface area contributed by atoms with Gasteiger partial charge in [0.05, 0.1) is 0 Å². The Morgan fingerprint density at radius 1 is 0.941 bits per heavy atom. The highest BCUT2D eigenvalue weighted by Gasteiger charge is 1.98. The third-order valence-corrected chi connectivity index (χ3v) is 4.04. The van der Waals surface area contributed by atoms with Gasteiger partial charge in [-0.05, 0) is 31.0 Å². The first-order valence-corrected chi connectivity index (χ1v) is 6.93. The van der Waals surface area contributed by atoms with Crippen LogP contribution in [0.5, 0.6) is 0 Å². The van der Waals surface area contributed by atoms with Gasteiger partial charge >= 0.3 is 0 Å². The van der Waals surface area contributed by atoms with E-state index in [1.54, 1.807) is 0 Å². The predicted octanol–water partition coefficient (Wildman–Crippen LogP) is 3.91. The molecule has 1 heterocycles. The smallest absolute Gasteiger partial charge is 0.0303 e. The van der Waals surface area contributed by atoms with Crippen molar-refractivity contribution in [3.63, 3.8) is 0 Å². The summed E-state index contributed by atoms with van der Waals surface area (Å²) in [4.78, 5) is 2.89. The lowest BCUT2D eigenvalue weighted by molar-refractivity contribution is 0.701. The van der Waals surface area contributed by atoms with Gasteiger partial charge in [-0.25, -0.2) is 0 Å². The van der Waals surface area contributed by atoms with Gasteiger partial charge in [-0.1, -0.05) is 36.8 Å². The molecule has 90 valence electrons. The van der Waals surface area contributed by atoms with Crippen molar-refractivity contribution < 1.29 is 0 Å². The van der Waals surface area contributed by atoms with Crippen molar-refractivity contribution in [1.29, 1.82) is 0 Å². The van der Waals surface area contributed by atoms with Gasteiger partial charge < -0.3 is 5.32 Å². The van der Waals surface area contributed by atoms with Crippen molar-refractivity contribution >= 4 is 11.3 Å². The zero-order valence-electron chi connectivity index (χ0n) is 10.5. The largest absolute Gasteiger partial charge is 0.308 e. The van der Waals surface area contributed by atoms with Crippen LogP contribution in [-0.2, 0) is 19.5 Å². The Labute approximate surface area is 108 Å². The summed E-state index contributed by atoms with van der Waals surface area (Å²) in [6.07, 6.45) is 1.14. The van der Waals surface area contributed by atoms with Gasteiger partial charge in [-0.15, -0.1) is 11.3 Å². The summed E-state index contributed by atoms with van der Waals surface area (Å²) in [5, 5.41) is 3.49. The summed E-state index contributed by atoms with van der Waals surface area (Å²) in [6, 6.07) is 13.2. The minimum atomic E-state index is 0.944. The summed E-state index contributed by atoms with van der Waals surface area (Å²) >= 11 is 1.91. The van der Waals surface area contributed by atoms with Crippen LogP contribution in [0.4, 0.5) is 0 Å². The maximum atomic E-state index is 3.49. The van der Waals surface area contributed by atoms with Crippen molar-refractivity contribution in [1.82, 2.24) is 5.32 Å². The van der Waals surface area contributed by atoms with Crippen molar-refractivity contribution in [3.8, 4) is 0 Å². The lowest BCUT2D eigenvalue weighted by Gasteiger charge is -2.03. The van der Waals surface area contributed by atoms with E-state index in [0.29, 0.717) is 0 Å². The Bertz CT molecular complexity index is 456. The Balaban J connectivity index is 1.81. The highest BCUT2D eigenvalue weighted by atomic mass is 32.1. The SMILES string of the molecule is CCc1ccc(CNCc2ccc(C)cc2)s1. The Kier molecular flexibility index (Phi) is 4.35. The molecule has 1 aromatic carbocycles. The maximum absolute atomic E-state index is 3.49. The Hall–Kier alpha value is -1.12. The molecule has 0 atom stereocenters. The lowest BCUT2D eigenvalue weighted by atomic mass is 10.1. The van der Waals surface area contributed by atoms with Crippen LogP contribution in [0.25, 0.3) is 0 Å². The third kappa shape index (κ3) is 3.69. The zero-order chi connectivity index (χ0) is 12.1. The molecule has 17 heavy (non-hydrogen) atoms. The van der Waals surface area contributed by atoms with E-state index in [2.05, 4.69) is 55.6 Å². The van der Waals surface area contributed by atoms with E-state index in [9.17, 15) is 0 Å². The average molecular weight is 245 g/mol. The molecule has 0 unspecified atom stereocenters. The highest BCUT2D eigenvalue weighted by Crippen LogP contribution is 2.16. The molecular formula is C15H19NS. The van der Waals surface area contributed by atoms with Crippen LogP contribution in [0.15, 0.2) is 36.4 Å². The van der Waals surface area contributed by atoms with Crippen molar-refractivity contribution in [2.45, 2.75) is 33.4 Å². The first kappa shape index (κ1) is 12.3. The standard InChI is InChI=1S/C15H19NS/c1-3-14-8-9-15(17-14)11-16-10-13-6-4-12(2)5-7-13/h4-9,16H,3,10-11H2,1-2H3. The van der Waals surface area contributed by atoms with Crippen LogP contribution in [0, 0.1) is 6.92 Å². The molecule has 0 aliphatic carbocycles. The Morgan fingerprint density at radius 3 is 2.29 bits per heavy atom. The molecule has 2 aromatic rings. The molecule has 0 amide bonds. The van der Waals surface area contributed by atoms with Gasteiger partial charge in [-0.3, -0.25) is 0 Å². The summed E-state index contributed by atoms with van der Waals surface area (Å²) < 4.78 is 0. The number of hydrogen-bond donors (Lipinski definition) is 1. The van der Waals surface area contributed by atoms with E-state index in [1.165, 1.54) is 20.9 Å². The summed E-state index contributed by atoms with van der Waals surface area (Å²) in [6.45, 7) is 6.24. The molecule has 0 aliphatic heterocycles. The Morgan fingerprint density at radius 2 is 1.65 bits per heavy atom. The molecule has 1 nitrogen and oxygen atoms in total. The fraction of sp³-hybridized carbons (Fsp3) is 0.333. The van der Waals surface area contributed by atoms with Gasteiger partial charge in [-0.2, -0.15) is 0 Å². The summed E-state index contributed by atoms with van der Waals surface area (Å²) in [7, 11) is 0. The van der Waals surface area contributed by atoms with Crippen LogP contribution in [0.2, 0.25) is 0 Å². The van der Waals surface area contributed by atoms with E-state index in [0.717, 1.165) is 19.5 Å².